The van der Waals surface area contributed by atoms with Gasteiger partial charge in [-0.25, -0.2) is 8.42 Å². The fraction of sp³-hybridized carbons (Fsp3) is 0.500. The van der Waals surface area contributed by atoms with Crippen LogP contribution in [0.15, 0.2) is 23.2 Å². The first-order valence-corrected chi connectivity index (χ1v) is 11.7. The summed E-state index contributed by atoms with van der Waals surface area (Å²) in [5.41, 5.74) is 0.565. The number of anilines is 1. The first-order valence-electron chi connectivity index (χ1n) is 8.19. The van der Waals surface area contributed by atoms with E-state index in [1.165, 1.54) is 11.8 Å². The zero-order chi connectivity index (χ0) is 18.5. The molecular formula is C16H16Cl2N2O4S2. The smallest absolute Gasteiger partial charge is 0.277 e. The van der Waals surface area contributed by atoms with Crippen molar-refractivity contribution >= 4 is 61.6 Å². The van der Waals surface area contributed by atoms with Gasteiger partial charge in [0.25, 0.3) is 5.91 Å². The summed E-state index contributed by atoms with van der Waals surface area (Å²) in [6.07, 6.45) is 0.963. The first kappa shape index (κ1) is 18.6. The molecule has 0 unspecified atom stereocenters. The lowest BCUT2D eigenvalue weighted by atomic mass is 10.2. The van der Waals surface area contributed by atoms with E-state index < -0.39 is 15.9 Å². The Balaban J connectivity index is 1.73. The third-order valence-electron chi connectivity index (χ3n) is 4.65. The second-order valence-electron chi connectivity index (χ2n) is 6.50. The van der Waals surface area contributed by atoms with Gasteiger partial charge in [-0.05, 0) is 31.0 Å². The van der Waals surface area contributed by atoms with Crippen LogP contribution in [0.4, 0.5) is 5.69 Å². The number of carbonyl (C=O) groups is 1. The van der Waals surface area contributed by atoms with Crippen LogP contribution in [0.5, 0.6) is 0 Å². The maximum absolute atomic E-state index is 12.4. The zero-order valence-corrected chi connectivity index (χ0v) is 16.7. The Morgan fingerprint density at radius 1 is 1.31 bits per heavy atom. The SMILES string of the molecule is O=C(N=C1S[C@@H]2CS(=O)(=O)C[C@@H]2N1c1cc(Cl)ccc1Cl)[C@@H]1CCCO1. The van der Waals surface area contributed by atoms with Crippen molar-refractivity contribution in [3.8, 4) is 0 Å². The number of carbonyl (C=O) groups excluding carboxylic acids is 1. The minimum absolute atomic E-state index is 0.000643. The highest BCUT2D eigenvalue weighted by atomic mass is 35.5. The summed E-state index contributed by atoms with van der Waals surface area (Å²) in [6, 6.07) is 4.66. The lowest BCUT2D eigenvalue weighted by Gasteiger charge is -2.25. The number of thioether (sulfide) groups is 1. The van der Waals surface area contributed by atoms with Gasteiger partial charge >= 0.3 is 0 Å². The summed E-state index contributed by atoms with van der Waals surface area (Å²) < 4.78 is 29.6. The number of rotatable bonds is 2. The number of fused-ring (bicyclic) bond motifs is 1. The van der Waals surface area contributed by atoms with Crippen LogP contribution in [0.3, 0.4) is 0 Å². The van der Waals surface area contributed by atoms with Crippen molar-refractivity contribution in [2.75, 3.05) is 23.0 Å². The zero-order valence-electron chi connectivity index (χ0n) is 13.6. The van der Waals surface area contributed by atoms with Crippen molar-refractivity contribution in [3.63, 3.8) is 0 Å². The molecular weight excluding hydrogens is 419 g/mol. The molecule has 3 heterocycles. The van der Waals surface area contributed by atoms with E-state index in [4.69, 9.17) is 27.9 Å². The van der Waals surface area contributed by atoms with Crippen molar-refractivity contribution in [3.05, 3.63) is 28.2 Å². The molecule has 3 aliphatic heterocycles. The quantitative estimate of drug-likeness (QED) is 0.711. The molecule has 1 aromatic rings. The summed E-state index contributed by atoms with van der Waals surface area (Å²) in [5.74, 6) is -0.277. The number of hydrogen-bond acceptors (Lipinski definition) is 5. The summed E-state index contributed by atoms with van der Waals surface area (Å²) in [4.78, 5) is 18.5. The fourth-order valence-corrected chi connectivity index (χ4v) is 7.74. The molecule has 3 atom stereocenters. The minimum atomic E-state index is -3.14. The van der Waals surface area contributed by atoms with Crippen LogP contribution >= 0.6 is 35.0 Å². The van der Waals surface area contributed by atoms with Crippen LogP contribution in [0, 0.1) is 0 Å². The summed E-state index contributed by atoms with van der Waals surface area (Å²) >= 11 is 13.8. The van der Waals surface area contributed by atoms with Gasteiger partial charge in [0, 0.05) is 16.9 Å². The van der Waals surface area contributed by atoms with Gasteiger partial charge in [0.05, 0.1) is 28.3 Å². The van der Waals surface area contributed by atoms with Crippen molar-refractivity contribution in [1.29, 1.82) is 0 Å². The Labute approximate surface area is 165 Å². The van der Waals surface area contributed by atoms with Crippen molar-refractivity contribution in [1.82, 2.24) is 0 Å². The van der Waals surface area contributed by atoms with Gasteiger partial charge in [0.1, 0.15) is 6.10 Å². The van der Waals surface area contributed by atoms with E-state index in [2.05, 4.69) is 4.99 Å². The van der Waals surface area contributed by atoms with Crippen molar-refractivity contribution in [2.24, 2.45) is 4.99 Å². The molecule has 0 N–H and O–H groups in total. The molecule has 0 aromatic heterocycles. The highest BCUT2D eigenvalue weighted by Crippen LogP contribution is 2.43. The average molecular weight is 435 g/mol. The third kappa shape index (κ3) is 3.49. The number of sulfone groups is 1. The standard InChI is InChI=1S/C16H16Cl2N2O4S2/c17-9-3-4-10(18)11(6-9)20-12-7-26(22,23)8-14(12)25-16(20)19-15(21)13-2-1-5-24-13/h3-4,6,12-14H,1-2,5,7-8H2/t12-,13-,14+/m0/s1. The van der Waals surface area contributed by atoms with E-state index in [9.17, 15) is 13.2 Å². The number of nitrogens with zero attached hydrogens (tertiary/aromatic N) is 2. The Kier molecular flexibility index (Phi) is 4.98. The predicted octanol–water partition coefficient (Wildman–Crippen LogP) is 2.77. The second kappa shape index (κ2) is 6.98. The van der Waals surface area contributed by atoms with Crippen LogP contribution in [-0.4, -0.2) is 55.0 Å². The van der Waals surface area contributed by atoms with Gasteiger partial charge in [-0.3, -0.25) is 4.79 Å². The normalized spacial score (nSPS) is 31.5. The Hall–Kier alpha value is -0.800. The van der Waals surface area contributed by atoms with Gasteiger partial charge in [0.15, 0.2) is 15.0 Å². The molecule has 140 valence electrons. The largest absolute Gasteiger partial charge is 0.368 e. The molecule has 0 bridgehead atoms. The number of benzene rings is 1. The number of ether oxygens (including phenoxy) is 1. The van der Waals surface area contributed by atoms with E-state index in [-0.39, 0.29) is 28.7 Å². The number of halogens is 2. The molecule has 0 saturated carbocycles. The van der Waals surface area contributed by atoms with Gasteiger partial charge in [-0.2, -0.15) is 4.99 Å². The maximum Gasteiger partial charge on any atom is 0.277 e. The van der Waals surface area contributed by atoms with Crippen LogP contribution in [0.25, 0.3) is 0 Å². The predicted molar refractivity (Wildman–Crippen MR) is 104 cm³/mol. The molecule has 1 amide bonds. The lowest BCUT2D eigenvalue weighted by Crippen LogP contribution is -2.38. The Morgan fingerprint density at radius 2 is 2.12 bits per heavy atom. The number of amides is 1. The van der Waals surface area contributed by atoms with Crippen LogP contribution in [-0.2, 0) is 19.4 Å². The first-order chi connectivity index (χ1) is 12.3. The van der Waals surface area contributed by atoms with Gasteiger partial charge in [-0.1, -0.05) is 35.0 Å². The van der Waals surface area contributed by atoms with E-state index in [0.29, 0.717) is 33.9 Å². The van der Waals surface area contributed by atoms with Crippen LogP contribution < -0.4 is 4.90 Å². The van der Waals surface area contributed by atoms with Gasteiger partial charge in [-0.15, -0.1) is 0 Å². The highest BCUT2D eigenvalue weighted by molar-refractivity contribution is 8.16. The topological polar surface area (TPSA) is 76.0 Å². The summed E-state index contributed by atoms with van der Waals surface area (Å²) in [7, 11) is -3.14. The minimum Gasteiger partial charge on any atom is -0.368 e. The molecule has 6 nitrogen and oxygen atoms in total. The molecule has 26 heavy (non-hydrogen) atoms. The molecule has 0 radical (unpaired) electrons. The van der Waals surface area contributed by atoms with Gasteiger partial charge < -0.3 is 9.64 Å². The molecule has 4 rings (SSSR count). The molecule has 10 heteroatoms. The maximum atomic E-state index is 12.4. The summed E-state index contributed by atoms with van der Waals surface area (Å²) in [6.45, 7) is 0.557. The Bertz CT molecular complexity index is 884. The van der Waals surface area contributed by atoms with Gasteiger partial charge in [0.2, 0.25) is 0 Å². The van der Waals surface area contributed by atoms with Crippen LogP contribution in [0.1, 0.15) is 12.8 Å². The molecule has 0 spiro atoms. The lowest BCUT2D eigenvalue weighted by molar-refractivity contribution is -0.126. The number of aliphatic imine (C=N–C) groups is 1. The molecule has 3 aliphatic rings. The van der Waals surface area contributed by atoms with E-state index in [0.717, 1.165) is 6.42 Å². The monoisotopic (exact) mass is 434 g/mol. The van der Waals surface area contributed by atoms with E-state index in [1.807, 2.05) is 0 Å². The highest BCUT2D eigenvalue weighted by Gasteiger charge is 2.50. The summed E-state index contributed by atoms with van der Waals surface area (Å²) in [5, 5.41) is 1.17. The number of amidine groups is 1. The molecule has 3 fully saturated rings. The molecule has 0 aliphatic carbocycles. The van der Waals surface area contributed by atoms with Crippen molar-refractivity contribution < 1.29 is 17.9 Å². The van der Waals surface area contributed by atoms with Crippen LogP contribution in [0.2, 0.25) is 10.0 Å². The Morgan fingerprint density at radius 3 is 2.85 bits per heavy atom. The molecule has 3 saturated heterocycles. The van der Waals surface area contributed by atoms with Crippen molar-refractivity contribution in [2.45, 2.75) is 30.2 Å². The average Bonchev–Trinajstić information content (AvgIpc) is 3.25. The van der Waals surface area contributed by atoms with E-state index in [1.54, 1.807) is 23.1 Å². The third-order valence-corrected chi connectivity index (χ3v) is 8.41. The van der Waals surface area contributed by atoms with E-state index >= 15 is 0 Å². The number of hydrogen-bond donors (Lipinski definition) is 0. The fourth-order valence-electron chi connectivity index (χ4n) is 3.46. The second-order valence-corrected chi connectivity index (χ2v) is 10.7. The molecule has 1 aromatic carbocycles.